The van der Waals surface area contributed by atoms with Gasteiger partial charge in [0.15, 0.2) is 0 Å². The van der Waals surface area contributed by atoms with Gasteiger partial charge < -0.3 is 0 Å². The largest absolute Gasteiger partial charge is 0.232 e. The predicted molar refractivity (Wildman–Crippen MR) is 61.5 cm³/mol. The van der Waals surface area contributed by atoms with E-state index < -0.39 is 9.05 Å². The minimum atomic E-state index is -3.55. The molecule has 0 atom stereocenters. The first-order chi connectivity index (χ1) is 6.92. The second kappa shape index (κ2) is 5.18. The Morgan fingerprint density at radius 1 is 1.47 bits per heavy atom. The third-order valence-corrected chi connectivity index (χ3v) is 3.76. The SMILES string of the molecule is CSc1ccc(CCS(=O)(=O)Cl)c(F)c1. The summed E-state index contributed by atoms with van der Waals surface area (Å²) >= 11 is 1.43. The van der Waals surface area contributed by atoms with Crippen LogP contribution in [0.5, 0.6) is 0 Å². The first kappa shape index (κ1) is 12.8. The average molecular weight is 269 g/mol. The lowest BCUT2D eigenvalue weighted by atomic mass is 10.1. The molecule has 6 heteroatoms. The van der Waals surface area contributed by atoms with Crippen LogP contribution in [0.1, 0.15) is 5.56 Å². The Morgan fingerprint density at radius 3 is 2.60 bits per heavy atom. The topological polar surface area (TPSA) is 34.1 Å². The van der Waals surface area contributed by atoms with Crippen LogP contribution in [0.25, 0.3) is 0 Å². The minimum Gasteiger partial charge on any atom is -0.212 e. The molecular weight excluding hydrogens is 259 g/mol. The van der Waals surface area contributed by atoms with Crippen molar-refractivity contribution in [1.29, 1.82) is 0 Å². The normalized spacial score (nSPS) is 11.7. The van der Waals surface area contributed by atoms with Gasteiger partial charge in [-0.3, -0.25) is 0 Å². The van der Waals surface area contributed by atoms with Gasteiger partial charge in [-0.25, -0.2) is 12.8 Å². The summed E-state index contributed by atoms with van der Waals surface area (Å²) in [4.78, 5) is 0.810. The number of benzene rings is 1. The van der Waals surface area contributed by atoms with E-state index in [1.54, 1.807) is 12.1 Å². The van der Waals surface area contributed by atoms with E-state index in [1.807, 2.05) is 6.26 Å². The monoisotopic (exact) mass is 268 g/mol. The third kappa shape index (κ3) is 4.40. The molecule has 0 aromatic heterocycles. The summed E-state index contributed by atoms with van der Waals surface area (Å²) in [6.45, 7) is 0. The Kier molecular flexibility index (Phi) is 4.43. The number of rotatable bonds is 4. The zero-order chi connectivity index (χ0) is 11.5. The second-order valence-corrected chi connectivity index (χ2v) is 6.73. The highest BCUT2D eigenvalue weighted by Crippen LogP contribution is 2.19. The lowest BCUT2D eigenvalue weighted by Crippen LogP contribution is -2.02. The molecule has 84 valence electrons. The van der Waals surface area contributed by atoms with Crippen molar-refractivity contribution in [1.82, 2.24) is 0 Å². The van der Waals surface area contributed by atoms with Gasteiger partial charge in [0.1, 0.15) is 5.82 Å². The van der Waals surface area contributed by atoms with Crippen LogP contribution in [-0.2, 0) is 15.5 Å². The summed E-state index contributed by atoms with van der Waals surface area (Å²) < 4.78 is 34.7. The maximum atomic E-state index is 13.4. The van der Waals surface area contributed by atoms with Crippen LogP contribution in [0.3, 0.4) is 0 Å². The molecule has 0 radical (unpaired) electrons. The quantitative estimate of drug-likeness (QED) is 0.622. The first-order valence-electron chi connectivity index (χ1n) is 4.17. The van der Waals surface area contributed by atoms with E-state index in [0.717, 1.165) is 4.90 Å². The van der Waals surface area contributed by atoms with Crippen molar-refractivity contribution in [2.75, 3.05) is 12.0 Å². The van der Waals surface area contributed by atoms with Gasteiger partial charge >= 0.3 is 0 Å². The molecule has 0 aliphatic rings. The Balaban J connectivity index is 2.79. The number of aryl methyl sites for hydroxylation is 1. The highest BCUT2D eigenvalue weighted by molar-refractivity contribution is 8.13. The van der Waals surface area contributed by atoms with Crippen LogP contribution < -0.4 is 0 Å². The van der Waals surface area contributed by atoms with E-state index >= 15 is 0 Å². The zero-order valence-electron chi connectivity index (χ0n) is 8.04. The van der Waals surface area contributed by atoms with Crippen LogP contribution in [0.4, 0.5) is 4.39 Å². The highest BCUT2D eigenvalue weighted by atomic mass is 35.7. The first-order valence-corrected chi connectivity index (χ1v) is 7.87. The van der Waals surface area contributed by atoms with E-state index in [9.17, 15) is 12.8 Å². The molecule has 0 N–H and O–H groups in total. The summed E-state index contributed by atoms with van der Waals surface area (Å²) in [5.74, 6) is -0.633. The van der Waals surface area contributed by atoms with Crippen LogP contribution in [0, 0.1) is 5.82 Å². The summed E-state index contributed by atoms with van der Waals surface area (Å²) in [7, 11) is 1.49. The number of hydrogen-bond acceptors (Lipinski definition) is 3. The lowest BCUT2D eigenvalue weighted by Gasteiger charge is -2.03. The second-order valence-electron chi connectivity index (χ2n) is 2.95. The molecule has 1 rings (SSSR count). The molecule has 0 saturated heterocycles. The fourth-order valence-electron chi connectivity index (χ4n) is 1.09. The average Bonchev–Trinajstić information content (AvgIpc) is 2.14. The molecule has 0 saturated carbocycles. The van der Waals surface area contributed by atoms with E-state index in [1.165, 1.54) is 17.8 Å². The van der Waals surface area contributed by atoms with Gasteiger partial charge in [-0.15, -0.1) is 11.8 Å². The molecule has 0 bridgehead atoms. The lowest BCUT2D eigenvalue weighted by molar-refractivity contribution is 0.600. The maximum Gasteiger partial charge on any atom is 0.232 e. The molecule has 0 aliphatic heterocycles. The summed E-state index contributed by atoms with van der Waals surface area (Å²) in [6.07, 6.45) is 1.95. The molecule has 0 fully saturated rings. The molecule has 0 unspecified atom stereocenters. The third-order valence-electron chi connectivity index (χ3n) is 1.88. The van der Waals surface area contributed by atoms with Crippen molar-refractivity contribution in [2.45, 2.75) is 11.3 Å². The Hall–Kier alpha value is -0.260. The molecular formula is C9H10ClFO2S2. The minimum absolute atomic E-state index is 0.103. The summed E-state index contributed by atoms with van der Waals surface area (Å²) in [5, 5.41) is 0. The van der Waals surface area contributed by atoms with Gasteiger partial charge in [-0.1, -0.05) is 6.07 Å². The summed E-state index contributed by atoms with van der Waals surface area (Å²) in [6, 6.07) is 4.73. The number of thioether (sulfide) groups is 1. The van der Waals surface area contributed by atoms with E-state index in [-0.39, 0.29) is 18.0 Å². The van der Waals surface area contributed by atoms with Gasteiger partial charge in [0.05, 0.1) is 5.75 Å². The van der Waals surface area contributed by atoms with Crippen LogP contribution in [0.15, 0.2) is 23.1 Å². The Morgan fingerprint density at radius 2 is 2.13 bits per heavy atom. The highest BCUT2D eigenvalue weighted by Gasteiger charge is 2.09. The molecule has 15 heavy (non-hydrogen) atoms. The molecule has 0 aliphatic carbocycles. The van der Waals surface area contributed by atoms with E-state index in [2.05, 4.69) is 0 Å². The smallest absolute Gasteiger partial charge is 0.212 e. The van der Waals surface area contributed by atoms with Crippen molar-refractivity contribution in [2.24, 2.45) is 0 Å². The molecule has 1 aromatic carbocycles. The van der Waals surface area contributed by atoms with Gasteiger partial charge in [0, 0.05) is 15.6 Å². The van der Waals surface area contributed by atoms with Crippen molar-refractivity contribution in [3.8, 4) is 0 Å². The van der Waals surface area contributed by atoms with E-state index in [0.29, 0.717) is 5.56 Å². The van der Waals surface area contributed by atoms with Gasteiger partial charge in [0.2, 0.25) is 9.05 Å². The van der Waals surface area contributed by atoms with Crippen LogP contribution in [-0.4, -0.2) is 20.4 Å². The standard InChI is InChI=1S/C9H10ClFO2S2/c1-14-8-3-2-7(9(11)6-8)4-5-15(10,12)13/h2-3,6H,4-5H2,1H3. The molecule has 0 spiro atoms. The van der Waals surface area contributed by atoms with Gasteiger partial charge in [-0.05, 0) is 30.4 Å². The predicted octanol–water partition coefficient (Wildman–Crippen LogP) is 2.66. The van der Waals surface area contributed by atoms with Crippen LogP contribution >= 0.6 is 22.4 Å². The van der Waals surface area contributed by atoms with Crippen molar-refractivity contribution in [3.63, 3.8) is 0 Å². The fourth-order valence-corrected chi connectivity index (χ4v) is 2.21. The fraction of sp³-hybridized carbons (Fsp3) is 0.333. The summed E-state index contributed by atoms with van der Waals surface area (Å²) in [5.41, 5.74) is 0.372. The van der Waals surface area contributed by atoms with Crippen molar-refractivity contribution < 1.29 is 12.8 Å². The molecule has 2 nitrogen and oxygen atoms in total. The maximum absolute atomic E-state index is 13.4. The van der Waals surface area contributed by atoms with Crippen LogP contribution in [0.2, 0.25) is 0 Å². The molecule has 0 amide bonds. The zero-order valence-corrected chi connectivity index (χ0v) is 10.4. The molecule has 0 heterocycles. The van der Waals surface area contributed by atoms with Crippen molar-refractivity contribution >= 4 is 31.5 Å². The Labute approximate surface area is 97.2 Å². The number of halogens is 2. The number of hydrogen-bond donors (Lipinski definition) is 0. The molecule has 1 aromatic rings. The van der Waals surface area contributed by atoms with E-state index in [4.69, 9.17) is 10.7 Å². The van der Waals surface area contributed by atoms with Gasteiger partial charge in [-0.2, -0.15) is 0 Å². The van der Waals surface area contributed by atoms with Gasteiger partial charge in [0.25, 0.3) is 0 Å². The van der Waals surface area contributed by atoms with Crippen molar-refractivity contribution in [3.05, 3.63) is 29.6 Å². The Bertz CT molecular complexity index is 445.